The smallest absolute Gasteiger partial charge is 0.220 e. The fraction of sp³-hybridized carbons (Fsp3) is 0.857. The van der Waals surface area contributed by atoms with Gasteiger partial charge in [0, 0.05) is 6.42 Å². The van der Waals surface area contributed by atoms with Gasteiger partial charge in [0.25, 0.3) is 0 Å². The third-order valence-corrected chi connectivity index (χ3v) is 17.9. The first kappa shape index (κ1) is 81.9. The Balaban J connectivity index is 2.03. The summed E-state index contributed by atoms with van der Waals surface area (Å²) in [4.78, 5) is 13.2. The first-order valence-electron chi connectivity index (χ1n) is 37.5. The lowest BCUT2D eigenvalue weighted by atomic mass is 9.99. The molecule has 0 radical (unpaired) electrons. The number of amides is 1. The summed E-state index contributed by atoms with van der Waals surface area (Å²) in [5.41, 5.74) is 0. The molecule has 1 saturated heterocycles. The van der Waals surface area contributed by atoms with Crippen molar-refractivity contribution >= 4 is 5.91 Å². The molecule has 0 aromatic heterocycles. The average Bonchev–Trinajstić information content (AvgIpc) is 2.36. The number of aliphatic hydroxyl groups excluding tert-OH is 5. The van der Waals surface area contributed by atoms with Crippen LogP contribution in [-0.4, -0.2) is 87.5 Å². The Morgan fingerprint density at radius 3 is 1.07 bits per heavy atom. The van der Waals surface area contributed by atoms with Crippen molar-refractivity contribution in [3.8, 4) is 0 Å². The van der Waals surface area contributed by atoms with Gasteiger partial charge >= 0.3 is 0 Å². The molecule has 1 rings (SSSR count). The van der Waals surface area contributed by atoms with Gasteiger partial charge in [-0.1, -0.05) is 364 Å². The first-order chi connectivity index (χ1) is 42.3. The van der Waals surface area contributed by atoms with Crippen molar-refractivity contribution in [2.75, 3.05) is 13.2 Å². The Morgan fingerprint density at radius 2 is 0.721 bits per heavy atom. The second-order valence-electron chi connectivity index (χ2n) is 26.1. The van der Waals surface area contributed by atoms with Crippen molar-refractivity contribution < 1.29 is 39.8 Å². The number of hydrogen-bond acceptors (Lipinski definition) is 8. The highest BCUT2D eigenvalue weighted by Gasteiger charge is 2.44. The van der Waals surface area contributed by atoms with E-state index in [0.29, 0.717) is 12.8 Å². The zero-order chi connectivity index (χ0) is 62.1. The molecular formula is C77H143NO8. The lowest BCUT2D eigenvalue weighted by Crippen LogP contribution is -2.60. The predicted octanol–water partition coefficient (Wildman–Crippen LogP) is 20.9. The largest absolute Gasteiger partial charge is 0.394 e. The van der Waals surface area contributed by atoms with E-state index in [1.165, 1.54) is 270 Å². The van der Waals surface area contributed by atoms with E-state index in [-0.39, 0.29) is 12.5 Å². The Kier molecular flexibility index (Phi) is 62.7. The van der Waals surface area contributed by atoms with E-state index >= 15 is 0 Å². The molecule has 0 spiro atoms. The Hall–Kier alpha value is -2.11. The fourth-order valence-electron chi connectivity index (χ4n) is 12.1. The van der Waals surface area contributed by atoms with Crippen molar-refractivity contribution in [1.29, 1.82) is 0 Å². The molecule has 1 aliphatic heterocycles. The normalized spacial score (nSPS) is 18.3. The minimum absolute atomic E-state index is 0.134. The summed E-state index contributed by atoms with van der Waals surface area (Å²) in [6.07, 6.45) is 84.6. The van der Waals surface area contributed by atoms with Crippen LogP contribution in [0.15, 0.2) is 60.8 Å². The molecule has 0 aliphatic carbocycles. The molecule has 1 fully saturated rings. The average molecular weight is 1210 g/mol. The summed E-state index contributed by atoms with van der Waals surface area (Å²) in [5, 5.41) is 55.0. The summed E-state index contributed by atoms with van der Waals surface area (Å²) in [7, 11) is 0. The van der Waals surface area contributed by atoms with Crippen molar-refractivity contribution in [2.45, 2.75) is 410 Å². The number of aliphatic hydroxyl groups is 5. The maximum absolute atomic E-state index is 13.2. The van der Waals surface area contributed by atoms with E-state index in [1.807, 2.05) is 0 Å². The van der Waals surface area contributed by atoms with Crippen molar-refractivity contribution in [3.63, 3.8) is 0 Å². The number of nitrogens with one attached hydrogen (secondary N) is 1. The fourth-order valence-corrected chi connectivity index (χ4v) is 12.1. The van der Waals surface area contributed by atoms with E-state index in [9.17, 15) is 30.3 Å². The van der Waals surface area contributed by atoms with Crippen molar-refractivity contribution in [3.05, 3.63) is 60.8 Å². The molecule has 0 aromatic rings. The van der Waals surface area contributed by atoms with Crippen LogP contribution >= 0.6 is 0 Å². The molecule has 0 aromatic carbocycles. The molecule has 0 bridgehead atoms. The molecule has 7 unspecified atom stereocenters. The monoisotopic (exact) mass is 1210 g/mol. The Morgan fingerprint density at radius 1 is 0.407 bits per heavy atom. The molecule has 6 N–H and O–H groups in total. The van der Waals surface area contributed by atoms with Crippen LogP contribution in [0, 0.1) is 0 Å². The van der Waals surface area contributed by atoms with Gasteiger partial charge in [-0.2, -0.15) is 0 Å². The minimum atomic E-state index is -1.55. The maximum atomic E-state index is 13.2. The van der Waals surface area contributed by atoms with Crippen LogP contribution in [0.4, 0.5) is 0 Å². The van der Waals surface area contributed by atoms with E-state index in [2.05, 4.69) is 79.9 Å². The van der Waals surface area contributed by atoms with Crippen molar-refractivity contribution in [1.82, 2.24) is 5.32 Å². The minimum Gasteiger partial charge on any atom is -0.394 e. The van der Waals surface area contributed by atoms with E-state index in [1.54, 1.807) is 0 Å². The first-order valence-corrected chi connectivity index (χ1v) is 37.5. The van der Waals surface area contributed by atoms with Gasteiger partial charge < -0.3 is 40.3 Å². The number of unbranched alkanes of at least 4 members (excludes halogenated alkanes) is 46. The summed E-state index contributed by atoms with van der Waals surface area (Å²) < 4.78 is 11.4. The highest BCUT2D eigenvalue weighted by Crippen LogP contribution is 2.24. The van der Waals surface area contributed by atoms with E-state index < -0.39 is 49.5 Å². The van der Waals surface area contributed by atoms with Gasteiger partial charge in [0.15, 0.2) is 6.29 Å². The van der Waals surface area contributed by atoms with Gasteiger partial charge in [-0.15, -0.1) is 0 Å². The topological polar surface area (TPSA) is 149 Å². The molecule has 86 heavy (non-hydrogen) atoms. The molecule has 9 nitrogen and oxygen atoms in total. The Bertz CT molecular complexity index is 1540. The summed E-state index contributed by atoms with van der Waals surface area (Å²) in [6, 6.07) is -0.719. The second kappa shape index (κ2) is 65.8. The van der Waals surface area contributed by atoms with Crippen molar-refractivity contribution in [2.24, 2.45) is 0 Å². The van der Waals surface area contributed by atoms with Gasteiger partial charge in [-0.25, -0.2) is 0 Å². The van der Waals surface area contributed by atoms with Gasteiger partial charge in [-0.05, 0) is 57.8 Å². The highest BCUT2D eigenvalue weighted by molar-refractivity contribution is 5.76. The second-order valence-corrected chi connectivity index (χ2v) is 26.1. The lowest BCUT2D eigenvalue weighted by molar-refractivity contribution is -0.302. The van der Waals surface area contributed by atoms with Crippen LogP contribution in [-0.2, 0) is 14.3 Å². The number of carbonyl (C=O) groups excluding carboxylic acids is 1. The molecular weight excluding hydrogens is 1070 g/mol. The molecule has 1 amide bonds. The predicted molar refractivity (Wildman–Crippen MR) is 369 cm³/mol. The maximum Gasteiger partial charge on any atom is 0.220 e. The van der Waals surface area contributed by atoms with Gasteiger partial charge in [-0.3, -0.25) is 4.79 Å². The molecule has 1 aliphatic rings. The van der Waals surface area contributed by atoms with Crippen LogP contribution in [0.3, 0.4) is 0 Å². The van der Waals surface area contributed by atoms with Crippen LogP contribution in [0.1, 0.15) is 367 Å². The van der Waals surface area contributed by atoms with Gasteiger partial charge in [0.2, 0.25) is 5.91 Å². The number of ether oxygens (including phenoxy) is 2. The number of rotatable bonds is 66. The highest BCUT2D eigenvalue weighted by atomic mass is 16.7. The lowest BCUT2D eigenvalue weighted by Gasteiger charge is -2.40. The van der Waals surface area contributed by atoms with E-state index in [0.717, 1.165) is 70.6 Å². The summed E-state index contributed by atoms with van der Waals surface area (Å²) in [6.45, 7) is 3.77. The van der Waals surface area contributed by atoms with Gasteiger partial charge in [0.1, 0.15) is 24.4 Å². The zero-order valence-corrected chi connectivity index (χ0v) is 56.6. The molecule has 504 valence electrons. The molecule has 1 heterocycles. The molecule has 7 atom stereocenters. The third kappa shape index (κ3) is 53.7. The van der Waals surface area contributed by atoms with Gasteiger partial charge in [0.05, 0.1) is 25.4 Å². The van der Waals surface area contributed by atoms with Crippen LogP contribution in [0.2, 0.25) is 0 Å². The van der Waals surface area contributed by atoms with Crippen LogP contribution in [0.5, 0.6) is 0 Å². The number of carbonyl (C=O) groups is 1. The van der Waals surface area contributed by atoms with Crippen LogP contribution < -0.4 is 5.32 Å². The SMILES string of the molecule is CC/C=C\C/C=C\C/C=C\C/C=C\C/C=C\CCCCCCCCCCCCCCCCCCCCCCCCCCCC(=O)NC(COC1OC(CO)C(O)C(O)C1O)C(O)CCCCCCCCCCCCCCCCCCCCCCCC. The summed E-state index contributed by atoms with van der Waals surface area (Å²) >= 11 is 0. The molecule has 9 heteroatoms. The van der Waals surface area contributed by atoms with E-state index in [4.69, 9.17) is 9.47 Å². The third-order valence-electron chi connectivity index (χ3n) is 17.9. The standard InChI is InChI=1S/C77H143NO8/c1-3-5-7-9-11-13-15-17-19-21-23-25-27-28-29-30-31-32-33-34-35-36-37-38-39-40-41-42-43-44-45-47-49-51-53-55-57-59-61-63-65-67-73(81)78-70(69-85-77-76(84)75(83)74(82)72(68-79)86-77)71(80)66-64-62-60-58-56-54-52-50-48-46-26-24-22-20-18-16-14-12-10-8-6-4-2/h5,7,11,13,17,19,23,25,28-29,70-72,74-77,79-80,82-84H,3-4,6,8-10,12,14-16,18,20-22,24,26-27,30-69H2,1-2H3,(H,78,81)/b7-5-,13-11-,19-17-,25-23-,29-28-. The zero-order valence-electron chi connectivity index (χ0n) is 56.6. The number of allylic oxidation sites excluding steroid dienone is 10. The Labute approximate surface area is 532 Å². The summed E-state index contributed by atoms with van der Waals surface area (Å²) in [5.74, 6) is -0.136. The molecule has 0 saturated carbocycles. The number of hydrogen-bond donors (Lipinski definition) is 6. The van der Waals surface area contributed by atoms with Crippen LogP contribution in [0.25, 0.3) is 0 Å². The quantitative estimate of drug-likeness (QED) is 0.0261.